The van der Waals surface area contributed by atoms with Crippen LogP contribution in [-0.2, 0) is 6.18 Å². The van der Waals surface area contributed by atoms with Gasteiger partial charge in [-0.3, -0.25) is 4.79 Å². The number of hydrogen-bond acceptors (Lipinski definition) is 4. The summed E-state index contributed by atoms with van der Waals surface area (Å²) in [4.78, 5) is 14.8. The molecule has 2 aliphatic rings. The van der Waals surface area contributed by atoms with E-state index < -0.39 is 11.7 Å². The number of alkyl halides is 3. The number of nitrogens with one attached hydrogen (secondary N) is 1. The smallest absolute Gasteiger partial charge is 0.417 e. The van der Waals surface area contributed by atoms with Crippen molar-refractivity contribution in [3.05, 3.63) is 46.8 Å². The number of benzene rings is 1. The summed E-state index contributed by atoms with van der Waals surface area (Å²) >= 11 is 0.885. The van der Waals surface area contributed by atoms with Crippen molar-refractivity contribution < 1.29 is 22.7 Å². The van der Waals surface area contributed by atoms with E-state index in [2.05, 4.69) is 10.2 Å². The number of hydrogen-bond donors (Lipinski definition) is 1. The summed E-state index contributed by atoms with van der Waals surface area (Å²) in [7, 11) is 0. The van der Waals surface area contributed by atoms with Crippen molar-refractivity contribution in [2.75, 3.05) is 19.6 Å². The van der Waals surface area contributed by atoms with Crippen LogP contribution in [0.5, 0.6) is 10.8 Å². The Labute approximate surface area is 158 Å². The summed E-state index contributed by atoms with van der Waals surface area (Å²) in [5.41, 5.74) is -0.215. The summed E-state index contributed by atoms with van der Waals surface area (Å²) in [6.07, 6.45) is -2.16. The average Bonchev–Trinajstić information content (AvgIpc) is 3.22. The molecular formula is C19H19F3N2O2S. The summed E-state index contributed by atoms with van der Waals surface area (Å²) in [5.74, 6) is 0.931. The van der Waals surface area contributed by atoms with Gasteiger partial charge in [0.15, 0.2) is 5.06 Å². The number of halogens is 3. The minimum absolute atomic E-state index is 0.135. The van der Waals surface area contributed by atoms with Crippen LogP contribution >= 0.6 is 11.3 Å². The highest BCUT2D eigenvalue weighted by atomic mass is 32.1. The molecule has 3 atom stereocenters. The average molecular weight is 396 g/mol. The van der Waals surface area contributed by atoms with Crippen molar-refractivity contribution in [3.63, 3.8) is 0 Å². The second-order valence-electron chi connectivity index (χ2n) is 7.10. The van der Waals surface area contributed by atoms with Gasteiger partial charge in [0.25, 0.3) is 5.91 Å². The lowest BCUT2D eigenvalue weighted by molar-refractivity contribution is -0.137. The van der Waals surface area contributed by atoms with Crippen molar-refractivity contribution in [2.24, 2.45) is 5.92 Å². The van der Waals surface area contributed by atoms with Crippen LogP contribution in [0.3, 0.4) is 0 Å². The number of carbonyl (C=O) groups is 1. The van der Waals surface area contributed by atoms with E-state index in [0.29, 0.717) is 17.2 Å². The van der Waals surface area contributed by atoms with Gasteiger partial charge >= 0.3 is 6.18 Å². The quantitative estimate of drug-likeness (QED) is 0.834. The number of thiophene rings is 1. The van der Waals surface area contributed by atoms with Crippen LogP contribution in [0.1, 0.15) is 28.8 Å². The molecule has 2 bridgehead atoms. The predicted molar refractivity (Wildman–Crippen MR) is 96.3 cm³/mol. The lowest BCUT2D eigenvalue weighted by atomic mass is 9.96. The Morgan fingerprint density at radius 1 is 1.22 bits per heavy atom. The molecule has 2 aliphatic heterocycles. The highest BCUT2D eigenvalue weighted by molar-refractivity contribution is 7.12. The van der Waals surface area contributed by atoms with Gasteiger partial charge in [-0.1, -0.05) is 0 Å². The van der Waals surface area contributed by atoms with Crippen molar-refractivity contribution in [1.29, 1.82) is 0 Å². The Kier molecular flexibility index (Phi) is 4.86. The van der Waals surface area contributed by atoms with Gasteiger partial charge in [0, 0.05) is 36.1 Å². The van der Waals surface area contributed by atoms with Crippen molar-refractivity contribution in [2.45, 2.75) is 25.1 Å². The zero-order valence-electron chi connectivity index (χ0n) is 14.5. The monoisotopic (exact) mass is 396 g/mol. The maximum Gasteiger partial charge on any atom is 0.417 e. The minimum Gasteiger partial charge on any atom is -0.447 e. The molecule has 2 saturated heterocycles. The fourth-order valence-corrected chi connectivity index (χ4v) is 4.53. The zero-order valence-corrected chi connectivity index (χ0v) is 15.3. The first kappa shape index (κ1) is 18.3. The molecule has 27 heavy (non-hydrogen) atoms. The molecule has 1 unspecified atom stereocenters. The SMILES string of the molecule is O=C(N[C@@H]1C[C@H]2CCN(C2)C1)c1ccc(Oc2cc(C(F)(F)F)cs2)cc1. The Morgan fingerprint density at radius 3 is 2.67 bits per heavy atom. The van der Waals surface area contributed by atoms with Crippen LogP contribution in [0.4, 0.5) is 13.2 Å². The summed E-state index contributed by atoms with van der Waals surface area (Å²) in [5, 5.41) is 4.26. The first-order valence-electron chi connectivity index (χ1n) is 8.84. The van der Waals surface area contributed by atoms with E-state index in [-0.39, 0.29) is 17.0 Å². The minimum atomic E-state index is -4.38. The second-order valence-corrected chi connectivity index (χ2v) is 7.97. The number of amides is 1. The molecule has 2 aromatic rings. The van der Waals surface area contributed by atoms with Gasteiger partial charge in [0.1, 0.15) is 5.75 Å². The van der Waals surface area contributed by atoms with E-state index in [4.69, 9.17) is 4.74 Å². The number of ether oxygens (including phenoxy) is 1. The summed E-state index contributed by atoms with van der Waals surface area (Å²) in [6, 6.07) is 7.58. The molecule has 0 saturated carbocycles. The molecule has 1 aromatic carbocycles. The first-order chi connectivity index (χ1) is 12.9. The maximum absolute atomic E-state index is 12.6. The largest absolute Gasteiger partial charge is 0.447 e. The molecule has 0 aliphatic carbocycles. The van der Waals surface area contributed by atoms with Crippen LogP contribution < -0.4 is 10.1 Å². The molecule has 1 amide bonds. The van der Waals surface area contributed by atoms with Crippen LogP contribution in [0.2, 0.25) is 0 Å². The lowest BCUT2D eigenvalue weighted by Gasteiger charge is -2.30. The van der Waals surface area contributed by atoms with E-state index in [9.17, 15) is 18.0 Å². The van der Waals surface area contributed by atoms with Crippen molar-refractivity contribution >= 4 is 17.2 Å². The van der Waals surface area contributed by atoms with Crippen LogP contribution in [0.25, 0.3) is 0 Å². The van der Waals surface area contributed by atoms with Crippen molar-refractivity contribution in [3.8, 4) is 10.8 Å². The van der Waals surface area contributed by atoms with E-state index in [1.54, 1.807) is 24.3 Å². The van der Waals surface area contributed by atoms with Gasteiger partial charge in [0.05, 0.1) is 5.56 Å². The number of fused-ring (bicyclic) bond motifs is 2. The second kappa shape index (κ2) is 7.16. The Hall–Kier alpha value is -2.06. The van der Waals surface area contributed by atoms with Crippen molar-refractivity contribution in [1.82, 2.24) is 10.2 Å². The molecule has 144 valence electrons. The number of carbonyl (C=O) groups excluding carboxylic acids is 1. The van der Waals surface area contributed by atoms with Crippen LogP contribution in [0.15, 0.2) is 35.7 Å². The third kappa shape index (κ3) is 4.27. The van der Waals surface area contributed by atoms with E-state index in [1.165, 1.54) is 6.42 Å². The summed E-state index contributed by atoms with van der Waals surface area (Å²) in [6.45, 7) is 3.14. The third-order valence-corrected chi connectivity index (χ3v) is 5.84. The standard InChI is InChI=1S/C19H19F3N2O2S/c20-19(21,22)14-8-17(27-11-14)26-16-3-1-13(2-4-16)18(25)23-15-7-12-5-6-24(9-12)10-15/h1-4,8,11-12,15H,5-7,9-10H2,(H,23,25)/t12-,15-/m1/s1. The molecule has 0 spiro atoms. The van der Waals surface area contributed by atoms with Gasteiger partial charge in [-0.05, 0) is 49.6 Å². The molecule has 0 radical (unpaired) electrons. The van der Waals surface area contributed by atoms with E-state index >= 15 is 0 Å². The predicted octanol–water partition coefficient (Wildman–Crippen LogP) is 4.38. The number of piperidine rings is 1. The van der Waals surface area contributed by atoms with Crippen LogP contribution in [0, 0.1) is 5.92 Å². The molecule has 1 N–H and O–H groups in total. The maximum atomic E-state index is 12.6. The number of nitrogens with zero attached hydrogens (tertiary/aromatic N) is 1. The molecule has 2 fully saturated rings. The Bertz CT molecular complexity index is 807. The first-order valence-corrected chi connectivity index (χ1v) is 9.71. The molecule has 4 rings (SSSR count). The summed E-state index contributed by atoms with van der Waals surface area (Å²) < 4.78 is 43.3. The molecule has 8 heteroatoms. The van der Waals surface area contributed by atoms with Gasteiger partial charge in [-0.2, -0.15) is 13.2 Å². The molecule has 3 heterocycles. The van der Waals surface area contributed by atoms with Gasteiger partial charge < -0.3 is 15.0 Å². The van der Waals surface area contributed by atoms with Gasteiger partial charge in [0.2, 0.25) is 0 Å². The molecular weight excluding hydrogens is 377 g/mol. The normalized spacial score (nSPS) is 24.6. The van der Waals surface area contributed by atoms with Gasteiger partial charge in [-0.25, -0.2) is 0 Å². The van der Waals surface area contributed by atoms with E-state index in [1.807, 2.05) is 0 Å². The Morgan fingerprint density at radius 2 is 2.00 bits per heavy atom. The number of rotatable bonds is 4. The van der Waals surface area contributed by atoms with Crippen LogP contribution in [-0.4, -0.2) is 36.5 Å². The highest BCUT2D eigenvalue weighted by Gasteiger charge is 2.33. The topological polar surface area (TPSA) is 41.6 Å². The highest BCUT2D eigenvalue weighted by Crippen LogP contribution is 2.37. The zero-order chi connectivity index (χ0) is 19.0. The Balaban J connectivity index is 1.35. The van der Waals surface area contributed by atoms with Gasteiger partial charge in [-0.15, -0.1) is 11.3 Å². The fourth-order valence-electron chi connectivity index (χ4n) is 3.74. The third-order valence-electron chi connectivity index (χ3n) is 5.04. The lowest BCUT2D eigenvalue weighted by Crippen LogP contribution is -2.46. The fraction of sp³-hybridized carbons (Fsp3) is 0.421. The molecule has 1 aromatic heterocycles. The molecule has 4 nitrogen and oxygen atoms in total. The van der Waals surface area contributed by atoms with E-state index in [0.717, 1.165) is 48.8 Å².